The molecule has 4 heterocycles. The molecule has 2 saturated heterocycles. The molecule has 10 heteroatoms. The Morgan fingerprint density at radius 3 is 2.93 bits per heavy atom. The number of aliphatic carboxylic acids is 1. The molecule has 1 aromatic carbocycles. The summed E-state index contributed by atoms with van der Waals surface area (Å²) in [5.41, 5.74) is 1.71. The van der Waals surface area contributed by atoms with Crippen molar-refractivity contribution in [2.45, 2.75) is 82.2 Å². The molecule has 0 bridgehead atoms. The first-order valence-electron chi connectivity index (χ1n) is 14.7. The number of aromatic nitrogens is 1. The van der Waals surface area contributed by atoms with Crippen LogP contribution in [0.2, 0.25) is 0 Å². The fourth-order valence-electron chi connectivity index (χ4n) is 6.22. The van der Waals surface area contributed by atoms with Crippen molar-refractivity contribution in [1.29, 1.82) is 0 Å². The highest BCUT2D eigenvalue weighted by atomic mass is 19.1. The van der Waals surface area contributed by atoms with Crippen molar-refractivity contribution in [3.05, 3.63) is 52.5 Å². The maximum Gasteiger partial charge on any atom is 0.325 e. The molecule has 1 aromatic heterocycles. The molecule has 0 spiro atoms. The monoisotopic (exact) mass is 573 g/mol. The smallest absolute Gasteiger partial charge is 0.325 e. The lowest BCUT2D eigenvalue weighted by Gasteiger charge is -2.34. The number of pyridine rings is 1. The van der Waals surface area contributed by atoms with Gasteiger partial charge in [0.05, 0.1) is 25.9 Å². The molecule has 5 rings (SSSR count). The second-order valence-electron chi connectivity index (χ2n) is 11.7. The van der Waals surface area contributed by atoms with E-state index in [4.69, 9.17) is 19.2 Å². The van der Waals surface area contributed by atoms with E-state index in [9.17, 15) is 18.7 Å². The second kappa shape index (κ2) is 13.0. The van der Waals surface area contributed by atoms with Gasteiger partial charge in [0, 0.05) is 43.6 Å². The van der Waals surface area contributed by atoms with Crippen molar-refractivity contribution >= 4 is 11.8 Å². The van der Waals surface area contributed by atoms with Gasteiger partial charge in [-0.1, -0.05) is 6.07 Å². The van der Waals surface area contributed by atoms with E-state index >= 15 is 0 Å². The van der Waals surface area contributed by atoms with E-state index in [-0.39, 0.29) is 12.7 Å². The number of anilines is 1. The van der Waals surface area contributed by atoms with Crippen molar-refractivity contribution in [2.75, 3.05) is 45.3 Å². The molecule has 3 aliphatic heterocycles. The van der Waals surface area contributed by atoms with Gasteiger partial charge >= 0.3 is 5.97 Å². The van der Waals surface area contributed by atoms with Crippen LogP contribution in [0.25, 0.3) is 0 Å². The summed E-state index contributed by atoms with van der Waals surface area (Å²) < 4.78 is 46.2. The van der Waals surface area contributed by atoms with Crippen molar-refractivity contribution in [2.24, 2.45) is 0 Å². The summed E-state index contributed by atoms with van der Waals surface area (Å²) in [5.74, 6) is 0.268. The number of ether oxygens (including phenoxy) is 3. The van der Waals surface area contributed by atoms with Crippen LogP contribution in [0.5, 0.6) is 5.75 Å². The van der Waals surface area contributed by atoms with Crippen LogP contribution in [0.3, 0.4) is 0 Å². The van der Waals surface area contributed by atoms with E-state index in [0.29, 0.717) is 50.1 Å². The third kappa shape index (κ3) is 7.16. The molecule has 41 heavy (non-hydrogen) atoms. The summed E-state index contributed by atoms with van der Waals surface area (Å²) in [5, 5.41) is 13.6. The van der Waals surface area contributed by atoms with Crippen molar-refractivity contribution in [3.63, 3.8) is 0 Å². The Kier molecular flexibility index (Phi) is 9.41. The van der Waals surface area contributed by atoms with Gasteiger partial charge in [0.25, 0.3) is 0 Å². The third-order valence-electron chi connectivity index (χ3n) is 8.41. The summed E-state index contributed by atoms with van der Waals surface area (Å²) in [6.45, 7) is 3.89. The number of nitrogens with zero attached hydrogens (tertiary/aromatic N) is 2. The van der Waals surface area contributed by atoms with Gasteiger partial charge in [-0.25, -0.2) is 13.8 Å². The maximum absolute atomic E-state index is 14.4. The number of unbranched alkanes of at least 4 members (excludes halogenated alkanes) is 1. The first-order valence-corrected chi connectivity index (χ1v) is 14.7. The van der Waals surface area contributed by atoms with Crippen LogP contribution in [-0.2, 0) is 27.1 Å². The number of carboxylic acid groups (broad SMARTS) is 1. The minimum Gasteiger partial charge on any atom is -0.496 e. The molecule has 0 radical (unpaired) electrons. The lowest BCUT2D eigenvalue weighted by molar-refractivity contribution is -0.143. The van der Waals surface area contributed by atoms with Gasteiger partial charge in [0.15, 0.2) is 0 Å². The SMILES string of the molecule is COc1cc(CCCCO[C@@H]2CCN([C@@H](C(=O)O)c3cc(F)ccc3[C@@H]3CCC(C)(F)CO3)C2)nc2c1CCCN2. The first kappa shape index (κ1) is 29.7. The number of aryl methyl sites for hydroxylation is 1. The molecule has 4 atom stereocenters. The van der Waals surface area contributed by atoms with E-state index in [1.807, 2.05) is 11.0 Å². The average Bonchev–Trinajstić information content (AvgIpc) is 3.41. The Balaban J connectivity index is 1.15. The van der Waals surface area contributed by atoms with Crippen molar-refractivity contribution in [1.82, 2.24) is 9.88 Å². The largest absolute Gasteiger partial charge is 0.496 e. The number of fused-ring (bicyclic) bond motifs is 1. The maximum atomic E-state index is 14.4. The van der Waals surface area contributed by atoms with E-state index in [1.165, 1.54) is 19.1 Å². The molecule has 1 unspecified atom stereocenters. The zero-order valence-electron chi connectivity index (χ0n) is 24.0. The number of hydrogen-bond donors (Lipinski definition) is 2. The van der Waals surface area contributed by atoms with Gasteiger partial charge in [-0.05, 0) is 81.5 Å². The number of carbonyl (C=O) groups is 1. The summed E-state index contributed by atoms with van der Waals surface area (Å²) in [7, 11) is 1.70. The molecule has 8 nitrogen and oxygen atoms in total. The second-order valence-corrected chi connectivity index (χ2v) is 11.7. The quantitative estimate of drug-likeness (QED) is 0.345. The molecular formula is C31H41F2N3O5. The highest BCUT2D eigenvalue weighted by molar-refractivity contribution is 5.76. The van der Waals surface area contributed by atoms with Crippen molar-refractivity contribution < 1.29 is 32.9 Å². The van der Waals surface area contributed by atoms with Crippen molar-refractivity contribution in [3.8, 4) is 5.75 Å². The number of nitrogens with one attached hydrogen (secondary N) is 1. The zero-order valence-corrected chi connectivity index (χ0v) is 24.0. The van der Waals surface area contributed by atoms with Crippen LogP contribution in [0.4, 0.5) is 14.6 Å². The molecule has 0 amide bonds. The van der Waals surface area contributed by atoms with E-state index in [0.717, 1.165) is 61.5 Å². The Labute approximate surface area is 240 Å². The van der Waals surface area contributed by atoms with Gasteiger partial charge in [0.2, 0.25) is 0 Å². The molecule has 224 valence electrons. The average molecular weight is 574 g/mol. The van der Waals surface area contributed by atoms with Crippen LogP contribution in [0.15, 0.2) is 24.3 Å². The molecule has 3 aliphatic rings. The third-order valence-corrected chi connectivity index (χ3v) is 8.41. The molecule has 2 fully saturated rings. The number of alkyl halides is 1. The summed E-state index contributed by atoms with van der Waals surface area (Å²) in [6, 6.07) is 5.18. The van der Waals surface area contributed by atoms with Crippen LogP contribution < -0.4 is 10.1 Å². The standard InChI is InChI=1S/C31H41F2N3O5/c1-31(33)12-10-26(41-19-31)23-9-8-20(32)16-25(23)28(30(37)38)36-14-11-22(18-36)40-15-4-3-6-21-17-27(39-2)24-7-5-13-34-29(24)35-21/h8-9,16-17,22,26,28H,3-7,10-15,18-19H2,1-2H3,(H,34,35)(H,37,38)/t22-,26+,28-,31?/m1/s1. The number of benzene rings is 1. The molecule has 2 aromatic rings. The lowest BCUT2D eigenvalue weighted by Crippen LogP contribution is -2.36. The van der Waals surface area contributed by atoms with Gasteiger partial charge < -0.3 is 24.6 Å². The summed E-state index contributed by atoms with van der Waals surface area (Å²) in [6.07, 6.45) is 5.48. The number of carboxylic acids is 1. The van der Waals surface area contributed by atoms with Gasteiger partial charge in [-0.3, -0.25) is 9.69 Å². The number of hydrogen-bond acceptors (Lipinski definition) is 7. The molecule has 0 aliphatic carbocycles. The minimum atomic E-state index is -1.41. The normalized spacial score (nSPS) is 25.4. The van der Waals surface area contributed by atoms with Crippen LogP contribution in [-0.4, -0.2) is 72.7 Å². The van der Waals surface area contributed by atoms with Gasteiger partial charge in [-0.2, -0.15) is 0 Å². The molecular weight excluding hydrogens is 532 g/mol. The summed E-state index contributed by atoms with van der Waals surface area (Å²) >= 11 is 0. The predicted molar refractivity (Wildman–Crippen MR) is 151 cm³/mol. The van der Waals surface area contributed by atoms with Crippen LogP contribution >= 0.6 is 0 Å². The minimum absolute atomic E-state index is 0.0706. The van der Waals surface area contributed by atoms with E-state index < -0.39 is 29.6 Å². The summed E-state index contributed by atoms with van der Waals surface area (Å²) in [4.78, 5) is 19.1. The fourth-order valence-corrected chi connectivity index (χ4v) is 6.22. The van der Waals surface area contributed by atoms with Crippen LogP contribution in [0.1, 0.15) is 80.0 Å². The number of likely N-dealkylation sites (tertiary alicyclic amines) is 1. The Hall–Kier alpha value is -2.82. The molecule has 0 saturated carbocycles. The van der Waals surface area contributed by atoms with E-state index in [1.54, 1.807) is 13.2 Å². The topological polar surface area (TPSA) is 93.2 Å². The zero-order chi connectivity index (χ0) is 29.0. The van der Waals surface area contributed by atoms with Crippen LogP contribution in [0, 0.1) is 5.82 Å². The number of rotatable bonds is 11. The number of methoxy groups -OCH3 is 1. The Morgan fingerprint density at radius 1 is 1.32 bits per heavy atom. The predicted octanol–water partition coefficient (Wildman–Crippen LogP) is 5.41. The highest BCUT2D eigenvalue weighted by Crippen LogP contribution is 2.39. The Bertz CT molecular complexity index is 1200. The Morgan fingerprint density at radius 2 is 2.17 bits per heavy atom. The van der Waals surface area contributed by atoms with Gasteiger partial charge in [-0.15, -0.1) is 0 Å². The molecule has 2 N–H and O–H groups in total. The van der Waals surface area contributed by atoms with Gasteiger partial charge in [0.1, 0.15) is 29.1 Å². The fraction of sp³-hybridized carbons (Fsp3) is 0.613. The lowest BCUT2D eigenvalue weighted by atomic mass is 9.89. The van der Waals surface area contributed by atoms with E-state index in [2.05, 4.69) is 5.32 Å². The first-order chi connectivity index (χ1) is 19.7. The number of halogens is 2. The highest BCUT2D eigenvalue weighted by Gasteiger charge is 2.38.